The largest absolute Gasteiger partial charge is 0.388 e. The lowest BCUT2D eigenvalue weighted by molar-refractivity contribution is -0.125. The van der Waals surface area contributed by atoms with E-state index >= 15 is 0 Å². The van der Waals surface area contributed by atoms with Crippen LogP contribution in [0.5, 0.6) is 0 Å². The van der Waals surface area contributed by atoms with Crippen LogP contribution in [-0.4, -0.2) is 44.4 Å². The van der Waals surface area contributed by atoms with Gasteiger partial charge >= 0.3 is 11.7 Å². The van der Waals surface area contributed by atoms with Crippen LogP contribution in [0.15, 0.2) is 23.0 Å². The quantitative estimate of drug-likeness (QED) is 0.717. The van der Waals surface area contributed by atoms with Crippen molar-refractivity contribution in [2.45, 2.75) is 57.9 Å². The number of rotatable bonds is 4. The van der Waals surface area contributed by atoms with Crippen molar-refractivity contribution in [3.05, 3.63) is 34.2 Å². The first-order valence-electron chi connectivity index (χ1n) is 9.29. The van der Waals surface area contributed by atoms with Crippen molar-refractivity contribution >= 4 is 23.0 Å². The summed E-state index contributed by atoms with van der Waals surface area (Å²) < 4.78 is 8.23. The van der Waals surface area contributed by atoms with Gasteiger partial charge in [0.25, 0.3) is 0 Å². The van der Waals surface area contributed by atoms with Gasteiger partial charge in [0.05, 0.1) is 16.6 Å². The lowest BCUT2D eigenvalue weighted by atomic mass is 9.99. The maximum atomic E-state index is 13.2. The van der Waals surface area contributed by atoms with Gasteiger partial charge in [-0.25, -0.2) is 14.2 Å². The molecule has 1 aliphatic heterocycles. The first-order valence-corrected chi connectivity index (χ1v) is 9.29. The highest BCUT2D eigenvalue weighted by Crippen LogP contribution is 2.27. The summed E-state index contributed by atoms with van der Waals surface area (Å²) in [6.07, 6.45) is 2.06. The molecule has 1 aromatic heterocycles. The van der Waals surface area contributed by atoms with Crippen LogP contribution in [0.2, 0.25) is 0 Å². The number of nitrogens with two attached hydrogens (primary N) is 1. The van der Waals surface area contributed by atoms with Gasteiger partial charge in [0.1, 0.15) is 12.3 Å². The Morgan fingerprint density at radius 1 is 1.36 bits per heavy atom. The smallest absolute Gasteiger partial charge is 0.339 e. The number of aromatic nitrogens is 2. The maximum Gasteiger partial charge on any atom is 0.339 e. The molecule has 0 aliphatic carbocycles. The van der Waals surface area contributed by atoms with Gasteiger partial charge in [-0.3, -0.25) is 9.36 Å². The number of nitrogens with one attached hydrogen (secondary N) is 1. The maximum absolute atomic E-state index is 13.2. The number of aliphatic hydroxyl groups is 1. The zero-order chi connectivity index (χ0) is 20.6. The number of para-hydroxylation sites is 1. The van der Waals surface area contributed by atoms with E-state index in [0.29, 0.717) is 24.1 Å². The van der Waals surface area contributed by atoms with E-state index in [4.69, 9.17) is 10.5 Å². The number of aryl methyl sites for hydroxylation is 1. The molecule has 9 nitrogen and oxygen atoms in total. The summed E-state index contributed by atoms with van der Waals surface area (Å²) in [6.45, 7) is 5.11. The van der Waals surface area contributed by atoms with Crippen molar-refractivity contribution in [1.82, 2.24) is 14.5 Å². The fraction of sp³-hybridized carbons (Fsp3) is 0.526. The molecule has 2 aromatic rings. The second-order valence-electron chi connectivity index (χ2n) is 7.69. The monoisotopic (exact) mass is 390 g/mol. The summed E-state index contributed by atoms with van der Waals surface area (Å²) in [6, 6.07) is 3.06. The van der Waals surface area contributed by atoms with Gasteiger partial charge in [-0.1, -0.05) is 12.1 Å². The Morgan fingerprint density at radius 3 is 2.64 bits per heavy atom. The molecule has 2 amide bonds. The Balaban J connectivity index is 2.12. The summed E-state index contributed by atoms with van der Waals surface area (Å²) in [5.74, 6) is -0.899. The minimum Gasteiger partial charge on any atom is -0.388 e. The Bertz CT molecular complexity index is 963. The highest BCUT2D eigenvalue weighted by atomic mass is 16.5. The molecule has 9 heteroatoms. The Labute approximate surface area is 162 Å². The van der Waals surface area contributed by atoms with Gasteiger partial charge < -0.3 is 20.9 Å². The second kappa shape index (κ2) is 7.40. The van der Waals surface area contributed by atoms with Crippen LogP contribution in [0.1, 0.15) is 44.9 Å². The Kier molecular flexibility index (Phi) is 5.31. The number of amides is 2. The fourth-order valence-corrected chi connectivity index (χ4v) is 3.62. The average Bonchev–Trinajstić information content (AvgIpc) is 2.92. The van der Waals surface area contributed by atoms with Crippen LogP contribution in [0.3, 0.4) is 0 Å². The molecule has 152 valence electrons. The summed E-state index contributed by atoms with van der Waals surface area (Å²) in [4.78, 5) is 37.8. The molecular weight excluding hydrogens is 364 g/mol. The van der Waals surface area contributed by atoms with Crippen LogP contribution in [0.4, 0.5) is 4.79 Å². The molecule has 1 unspecified atom stereocenters. The first-order chi connectivity index (χ1) is 13.1. The number of hydrogen-bond acceptors (Lipinski definition) is 5. The zero-order valence-corrected chi connectivity index (χ0v) is 16.3. The Morgan fingerprint density at radius 2 is 2.07 bits per heavy atom. The standard InChI is InChI=1S/C19H26N4O5/c1-11-7-6-8-12-14(11)23(13-9-4-5-10-28-13)18(26)22(12)17(25)21-15(16(20)24)19(2,3)27/h6-8,13,15,27H,4-5,9-10H2,1-3H3,(H2,20,24)(H,21,25)/t13?,15-/m1/s1. The normalized spacial score (nSPS) is 18.8. The molecule has 1 aliphatic rings. The van der Waals surface area contributed by atoms with Gasteiger partial charge in [-0.05, 0) is 51.7 Å². The van der Waals surface area contributed by atoms with E-state index in [1.165, 1.54) is 18.4 Å². The van der Waals surface area contributed by atoms with Gasteiger partial charge in [0.15, 0.2) is 0 Å². The van der Waals surface area contributed by atoms with Crippen LogP contribution in [0, 0.1) is 6.92 Å². The summed E-state index contributed by atoms with van der Waals surface area (Å²) in [5.41, 5.74) is 4.99. The number of carbonyl (C=O) groups is 2. The minimum absolute atomic E-state index is 0.399. The molecule has 3 rings (SSSR count). The second-order valence-corrected chi connectivity index (χ2v) is 7.69. The van der Waals surface area contributed by atoms with Gasteiger partial charge in [-0.15, -0.1) is 0 Å². The molecule has 0 spiro atoms. The van der Waals surface area contributed by atoms with E-state index in [9.17, 15) is 19.5 Å². The SMILES string of the molecule is Cc1cccc2c1n(C1CCCCO1)c(=O)n2C(=O)N[C@H](C(N)=O)C(C)(C)O. The van der Waals surface area contributed by atoms with Gasteiger partial charge in [-0.2, -0.15) is 0 Å². The van der Waals surface area contributed by atoms with Crippen molar-refractivity contribution in [2.24, 2.45) is 5.73 Å². The average molecular weight is 390 g/mol. The zero-order valence-electron chi connectivity index (χ0n) is 16.3. The van der Waals surface area contributed by atoms with Crippen LogP contribution in [-0.2, 0) is 9.53 Å². The summed E-state index contributed by atoms with van der Waals surface area (Å²) >= 11 is 0. The van der Waals surface area contributed by atoms with Crippen molar-refractivity contribution < 1.29 is 19.4 Å². The molecule has 2 atom stereocenters. The number of hydrogen-bond donors (Lipinski definition) is 3. The van der Waals surface area contributed by atoms with E-state index in [1.54, 1.807) is 12.1 Å². The topological polar surface area (TPSA) is 129 Å². The highest BCUT2D eigenvalue weighted by Gasteiger charge is 2.35. The van der Waals surface area contributed by atoms with Gasteiger partial charge in [0.2, 0.25) is 5.91 Å². The van der Waals surface area contributed by atoms with E-state index in [2.05, 4.69) is 5.32 Å². The third-order valence-electron chi connectivity index (χ3n) is 5.00. The number of benzene rings is 1. The molecule has 2 heterocycles. The molecule has 1 aromatic carbocycles. The summed E-state index contributed by atoms with van der Waals surface area (Å²) in [5, 5.41) is 12.5. The van der Waals surface area contributed by atoms with Crippen LogP contribution >= 0.6 is 0 Å². The van der Waals surface area contributed by atoms with E-state index in [-0.39, 0.29) is 0 Å². The van der Waals surface area contributed by atoms with Crippen LogP contribution < -0.4 is 16.7 Å². The van der Waals surface area contributed by atoms with E-state index < -0.39 is 35.5 Å². The lowest BCUT2D eigenvalue weighted by Crippen LogP contribution is -2.58. The number of fused-ring (bicyclic) bond motifs is 1. The van der Waals surface area contributed by atoms with Crippen molar-refractivity contribution in [1.29, 1.82) is 0 Å². The molecule has 4 N–H and O–H groups in total. The highest BCUT2D eigenvalue weighted by molar-refractivity contribution is 5.93. The first kappa shape index (κ1) is 20.1. The third kappa shape index (κ3) is 3.55. The number of ether oxygens (including phenoxy) is 1. The van der Waals surface area contributed by atoms with Crippen LogP contribution in [0.25, 0.3) is 11.0 Å². The molecular formula is C19H26N4O5. The summed E-state index contributed by atoms with van der Waals surface area (Å²) in [7, 11) is 0. The van der Waals surface area contributed by atoms with Crippen molar-refractivity contribution in [3.8, 4) is 0 Å². The van der Waals surface area contributed by atoms with Crippen molar-refractivity contribution in [3.63, 3.8) is 0 Å². The lowest BCUT2D eigenvalue weighted by Gasteiger charge is -2.27. The number of primary amides is 1. The van der Waals surface area contributed by atoms with E-state index in [0.717, 1.165) is 23.0 Å². The van der Waals surface area contributed by atoms with Crippen molar-refractivity contribution in [2.75, 3.05) is 6.61 Å². The molecule has 0 radical (unpaired) electrons. The van der Waals surface area contributed by atoms with E-state index in [1.807, 2.05) is 13.0 Å². The number of carbonyl (C=O) groups excluding carboxylic acids is 2. The molecule has 28 heavy (non-hydrogen) atoms. The van der Waals surface area contributed by atoms with Gasteiger partial charge in [0, 0.05) is 6.61 Å². The molecule has 0 saturated carbocycles. The molecule has 0 bridgehead atoms. The molecule has 1 saturated heterocycles. The number of imidazole rings is 1. The fourth-order valence-electron chi connectivity index (χ4n) is 3.62. The number of nitrogens with zero attached hydrogens (tertiary/aromatic N) is 2. The Hall–Kier alpha value is -2.65. The minimum atomic E-state index is -1.59. The third-order valence-corrected chi connectivity index (χ3v) is 5.00. The molecule has 1 fully saturated rings. The predicted molar refractivity (Wildman–Crippen MR) is 103 cm³/mol. The predicted octanol–water partition coefficient (Wildman–Crippen LogP) is 0.993.